The molecule has 0 aliphatic rings. The molecular weight excluding hydrogens is 331 g/mol. The molecule has 0 spiro atoms. The van der Waals surface area contributed by atoms with E-state index in [0.29, 0.717) is 5.02 Å². The molecule has 0 saturated carbocycles. The van der Waals surface area contributed by atoms with Crippen molar-refractivity contribution in [1.29, 1.82) is 0 Å². The number of hydrogen-bond donors (Lipinski definition) is 2. The van der Waals surface area contributed by atoms with E-state index >= 15 is 0 Å². The molecule has 0 aliphatic heterocycles. The van der Waals surface area contributed by atoms with Crippen molar-refractivity contribution in [3.63, 3.8) is 0 Å². The highest BCUT2D eigenvalue weighted by Crippen LogP contribution is 2.25. The molecule has 2 aromatic rings. The largest absolute Gasteiger partial charge is 0.323 e. The Bertz CT molecular complexity index is 721. The lowest BCUT2D eigenvalue weighted by Gasteiger charge is -2.14. The Morgan fingerprint density at radius 2 is 1.76 bits per heavy atom. The number of nitrogens with two attached hydrogens (primary N) is 1. The maximum absolute atomic E-state index is 12.2. The number of rotatable bonds is 5. The zero-order chi connectivity index (χ0) is 15.5. The van der Waals surface area contributed by atoms with E-state index in [0.717, 1.165) is 5.56 Å². The fourth-order valence-electron chi connectivity index (χ4n) is 1.78. The molecule has 112 valence electrons. The van der Waals surface area contributed by atoms with Crippen molar-refractivity contribution in [2.75, 3.05) is 6.54 Å². The van der Waals surface area contributed by atoms with E-state index in [1.165, 1.54) is 18.2 Å². The normalized spacial score (nSPS) is 13.1. The summed E-state index contributed by atoms with van der Waals surface area (Å²) in [5, 5.41) is 0.410. The number of halogens is 2. The maximum Gasteiger partial charge on any atom is 0.242 e. The molecule has 2 aromatic carbocycles. The number of benzene rings is 2. The summed E-state index contributed by atoms with van der Waals surface area (Å²) in [6.45, 7) is 0.0647. The summed E-state index contributed by atoms with van der Waals surface area (Å²) < 4.78 is 26.9. The number of hydrogen-bond acceptors (Lipinski definition) is 3. The third-order valence-electron chi connectivity index (χ3n) is 2.90. The molecule has 0 radical (unpaired) electrons. The molecule has 0 amide bonds. The van der Waals surface area contributed by atoms with Crippen LogP contribution >= 0.6 is 23.2 Å². The van der Waals surface area contributed by atoms with E-state index in [1.807, 2.05) is 30.3 Å². The van der Waals surface area contributed by atoms with Crippen LogP contribution in [-0.4, -0.2) is 15.0 Å². The third kappa shape index (κ3) is 4.18. The van der Waals surface area contributed by atoms with Gasteiger partial charge in [0.15, 0.2) is 0 Å². The van der Waals surface area contributed by atoms with E-state index in [-0.39, 0.29) is 16.5 Å². The summed E-state index contributed by atoms with van der Waals surface area (Å²) in [6.07, 6.45) is 0. The molecule has 1 atom stereocenters. The molecule has 2 rings (SSSR count). The monoisotopic (exact) mass is 344 g/mol. The van der Waals surface area contributed by atoms with Crippen LogP contribution < -0.4 is 10.5 Å². The third-order valence-corrected chi connectivity index (χ3v) is 5.04. The highest BCUT2D eigenvalue weighted by molar-refractivity contribution is 7.89. The first-order valence-corrected chi connectivity index (χ1v) is 8.39. The van der Waals surface area contributed by atoms with Gasteiger partial charge in [-0.05, 0) is 23.8 Å². The molecule has 0 heterocycles. The van der Waals surface area contributed by atoms with Gasteiger partial charge < -0.3 is 5.73 Å². The van der Waals surface area contributed by atoms with Crippen LogP contribution in [0.3, 0.4) is 0 Å². The lowest BCUT2D eigenvalue weighted by molar-refractivity contribution is 0.572. The molecule has 21 heavy (non-hydrogen) atoms. The van der Waals surface area contributed by atoms with Gasteiger partial charge in [-0.25, -0.2) is 13.1 Å². The van der Waals surface area contributed by atoms with Crippen molar-refractivity contribution in [1.82, 2.24) is 4.72 Å². The topological polar surface area (TPSA) is 72.2 Å². The Kier molecular flexibility index (Phi) is 5.24. The lowest BCUT2D eigenvalue weighted by atomic mass is 10.1. The molecule has 0 fully saturated rings. The first kappa shape index (κ1) is 16.3. The summed E-state index contributed by atoms with van der Waals surface area (Å²) in [7, 11) is -3.76. The number of nitrogens with one attached hydrogen (secondary N) is 1. The van der Waals surface area contributed by atoms with E-state index in [9.17, 15) is 8.42 Å². The summed E-state index contributed by atoms with van der Waals surface area (Å²) in [6, 6.07) is 13.1. The minimum atomic E-state index is -3.76. The molecule has 4 nitrogen and oxygen atoms in total. The quantitative estimate of drug-likeness (QED) is 0.875. The van der Waals surface area contributed by atoms with Crippen molar-refractivity contribution in [3.8, 4) is 0 Å². The van der Waals surface area contributed by atoms with Gasteiger partial charge >= 0.3 is 0 Å². The minimum Gasteiger partial charge on any atom is -0.323 e. The fraction of sp³-hybridized carbons (Fsp3) is 0.143. The van der Waals surface area contributed by atoms with Crippen molar-refractivity contribution in [3.05, 3.63) is 64.1 Å². The average Bonchev–Trinajstić information content (AvgIpc) is 2.48. The second-order valence-electron chi connectivity index (χ2n) is 4.44. The van der Waals surface area contributed by atoms with Crippen molar-refractivity contribution < 1.29 is 8.42 Å². The van der Waals surface area contributed by atoms with E-state index in [2.05, 4.69) is 4.72 Å². The average molecular weight is 345 g/mol. The van der Waals surface area contributed by atoms with Gasteiger partial charge in [-0.1, -0.05) is 53.5 Å². The molecule has 0 saturated heterocycles. The number of sulfonamides is 1. The van der Waals surface area contributed by atoms with Crippen LogP contribution in [0.25, 0.3) is 0 Å². The summed E-state index contributed by atoms with van der Waals surface area (Å²) in [4.78, 5) is -0.0584. The molecular formula is C14H14Cl2N2O2S. The highest BCUT2D eigenvalue weighted by atomic mass is 35.5. The molecule has 7 heteroatoms. The van der Waals surface area contributed by atoms with Crippen LogP contribution in [0.2, 0.25) is 10.0 Å². The molecule has 3 N–H and O–H groups in total. The summed E-state index contributed by atoms with van der Waals surface area (Å²) in [5.41, 5.74) is 6.81. The minimum absolute atomic E-state index is 0.0584. The maximum atomic E-state index is 12.2. The molecule has 0 bridgehead atoms. The van der Waals surface area contributed by atoms with Crippen LogP contribution in [0.1, 0.15) is 11.6 Å². The Morgan fingerprint density at radius 3 is 2.43 bits per heavy atom. The van der Waals surface area contributed by atoms with Crippen LogP contribution in [0.5, 0.6) is 0 Å². The van der Waals surface area contributed by atoms with Crippen molar-refractivity contribution in [2.45, 2.75) is 10.9 Å². The van der Waals surface area contributed by atoms with Crippen LogP contribution in [0.4, 0.5) is 0 Å². The summed E-state index contributed by atoms with van der Waals surface area (Å²) >= 11 is 11.7. The molecule has 0 aromatic heterocycles. The Balaban J connectivity index is 2.13. The first-order chi connectivity index (χ1) is 9.90. The molecule has 1 unspecified atom stereocenters. The van der Waals surface area contributed by atoms with Gasteiger partial charge in [0.25, 0.3) is 0 Å². The Labute approximate surface area is 133 Å². The first-order valence-electron chi connectivity index (χ1n) is 6.15. The van der Waals surface area contributed by atoms with Gasteiger partial charge in [0.05, 0.1) is 5.02 Å². The predicted molar refractivity (Wildman–Crippen MR) is 85.0 cm³/mol. The zero-order valence-corrected chi connectivity index (χ0v) is 13.3. The SMILES string of the molecule is NC(CNS(=O)(=O)c1cc(Cl)ccc1Cl)c1ccccc1. The van der Waals surface area contributed by atoms with Gasteiger partial charge in [-0.15, -0.1) is 0 Å². The Morgan fingerprint density at radius 1 is 1.10 bits per heavy atom. The van der Waals surface area contributed by atoms with E-state index in [4.69, 9.17) is 28.9 Å². The van der Waals surface area contributed by atoms with Crippen LogP contribution in [0, 0.1) is 0 Å². The second kappa shape index (κ2) is 6.77. The Hall–Kier alpha value is -1.11. The highest BCUT2D eigenvalue weighted by Gasteiger charge is 2.19. The van der Waals surface area contributed by atoms with Crippen molar-refractivity contribution >= 4 is 33.2 Å². The van der Waals surface area contributed by atoms with Crippen molar-refractivity contribution in [2.24, 2.45) is 5.73 Å². The van der Waals surface area contributed by atoms with Crippen LogP contribution in [0.15, 0.2) is 53.4 Å². The van der Waals surface area contributed by atoms with Gasteiger partial charge in [-0.3, -0.25) is 0 Å². The van der Waals surface area contributed by atoms with Crippen LogP contribution in [-0.2, 0) is 10.0 Å². The standard InChI is InChI=1S/C14H14Cl2N2O2S/c15-11-6-7-12(16)14(8-11)21(19,20)18-9-13(17)10-4-2-1-3-5-10/h1-8,13,18H,9,17H2. The second-order valence-corrected chi connectivity index (χ2v) is 7.02. The zero-order valence-electron chi connectivity index (χ0n) is 11.0. The van der Waals surface area contributed by atoms with E-state index in [1.54, 1.807) is 0 Å². The van der Waals surface area contributed by atoms with Gasteiger partial charge in [0.1, 0.15) is 4.90 Å². The van der Waals surface area contributed by atoms with Gasteiger partial charge in [-0.2, -0.15) is 0 Å². The fourth-order valence-corrected chi connectivity index (χ4v) is 3.60. The predicted octanol–water partition coefficient (Wildman–Crippen LogP) is 2.97. The summed E-state index contributed by atoms with van der Waals surface area (Å²) in [5.74, 6) is 0. The van der Waals surface area contributed by atoms with E-state index < -0.39 is 16.1 Å². The van der Waals surface area contributed by atoms with Gasteiger partial charge in [0.2, 0.25) is 10.0 Å². The van der Waals surface area contributed by atoms with Gasteiger partial charge in [0, 0.05) is 17.6 Å². The lowest BCUT2D eigenvalue weighted by Crippen LogP contribution is -2.32. The smallest absolute Gasteiger partial charge is 0.242 e. The molecule has 0 aliphatic carbocycles.